The summed E-state index contributed by atoms with van der Waals surface area (Å²) in [6, 6.07) is 0. The summed E-state index contributed by atoms with van der Waals surface area (Å²) < 4.78 is 0. The highest BCUT2D eigenvalue weighted by atomic mass is 32.2. The third-order valence-corrected chi connectivity index (χ3v) is 2.05. The van der Waals surface area contributed by atoms with Crippen molar-refractivity contribution >= 4 is 11.8 Å². The van der Waals surface area contributed by atoms with Gasteiger partial charge in [-0.1, -0.05) is 50.2 Å². The number of aliphatic hydroxyl groups is 1. The van der Waals surface area contributed by atoms with E-state index >= 15 is 0 Å². The van der Waals surface area contributed by atoms with Crippen LogP contribution in [-0.2, 0) is 0 Å². The van der Waals surface area contributed by atoms with E-state index < -0.39 is 0 Å². The monoisotopic (exact) mass is 206 g/mol. The molecule has 14 heavy (non-hydrogen) atoms. The molecule has 0 fully saturated rings. The molecule has 0 rings (SSSR count). The molecule has 1 N–H and O–H groups in total. The highest BCUT2D eigenvalue weighted by Crippen LogP contribution is 2.23. The predicted molar refractivity (Wildman–Crippen MR) is 66.1 cm³/mol. The standard InChI is InChI=1S/C12H14OS/c1-5-7-12(13)9-8-11(4)14-10(3)6-2/h5-9,13H,1-4H2/b9-8-,12-7+. The topological polar surface area (TPSA) is 20.2 Å². The first kappa shape index (κ1) is 12.6. The van der Waals surface area contributed by atoms with Crippen molar-refractivity contribution in [1.82, 2.24) is 0 Å². The number of hydrogen-bond donors (Lipinski definition) is 1. The van der Waals surface area contributed by atoms with Crippen LogP contribution in [0.25, 0.3) is 0 Å². The zero-order chi connectivity index (χ0) is 11.0. The molecule has 0 aromatic heterocycles. The summed E-state index contributed by atoms with van der Waals surface area (Å²) in [5.41, 5.74) is 0. The largest absolute Gasteiger partial charge is 0.508 e. The minimum Gasteiger partial charge on any atom is -0.508 e. The van der Waals surface area contributed by atoms with Gasteiger partial charge in [-0.05, 0) is 18.2 Å². The average Bonchev–Trinajstić information content (AvgIpc) is 2.15. The molecule has 0 aliphatic heterocycles. The third-order valence-electron chi connectivity index (χ3n) is 1.22. The van der Waals surface area contributed by atoms with Gasteiger partial charge in [-0.25, -0.2) is 0 Å². The van der Waals surface area contributed by atoms with Crippen molar-refractivity contribution in [2.45, 2.75) is 0 Å². The van der Waals surface area contributed by atoms with Crippen LogP contribution in [-0.4, -0.2) is 5.11 Å². The third kappa shape index (κ3) is 6.14. The van der Waals surface area contributed by atoms with Crippen LogP contribution in [0, 0.1) is 0 Å². The fourth-order valence-electron chi connectivity index (χ4n) is 0.599. The lowest BCUT2D eigenvalue weighted by Gasteiger charge is -1.97. The first-order valence-electron chi connectivity index (χ1n) is 3.98. The Bertz CT molecular complexity index is 308. The molecule has 0 aliphatic rings. The van der Waals surface area contributed by atoms with Gasteiger partial charge in [-0.3, -0.25) is 0 Å². The molecule has 0 heterocycles. The molecular weight excluding hydrogens is 192 g/mol. The fraction of sp³-hybridized carbons (Fsp3) is 0. The predicted octanol–water partition coefficient (Wildman–Crippen LogP) is 4.12. The Morgan fingerprint density at radius 2 is 1.71 bits per heavy atom. The quantitative estimate of drug-likeness (QED) is 0.521. The van der Waals surface area contributed by atoms with Crippen molar-refractivity contribution in [3.05, 3.63) is 72.3 Å². The van der Waals surface area contributed by atoms with Crippen LogP contribution >= 0.6 is 11.8 Å². The Morgan fingerprint density at radius 1 is 1.07 bits per heavy atom. The molecule has 74 valence electrons. The molecule has 0 unspecified atom stereocenters. The van der Waals surface area contributed by atoms with Crippen LogP contribution in [0.4, 0.5) is 0 Å². The van der Waals surface area contributed by atoms with Crippen molar-refractivity contribution < 1.29 is 5.11 Å². The van der Waals surface area contributed by atoms with Gasteiger partial charge >= 0.3 is 0 Å². The summed E-state index contributed by atoms with van der Waals surface area (Å²) in [7, 11) is 0. The van der Waals surface area contributed by atoms with E-state index in [-0.39, 0.29) is 5.76 Å². The van der Waals surface area contributed by atoms with Crippen molar-refractivity contribution in [3.8, 4) is 0 Å². The van der Waals surface area contributed by atoms with Crippen LogP contribution in [0.15, 0.2) is 72.3 Å². The van der Waals surface area contributed by atoms with Gasteiger partial charge in [0.15, 0.2) is 0 Å². The average molecular weight is 206 g/mol. The number of aliphatic hydroxyl groups excluding tert-OH is 1. The summed E-state index contributed by atoms with van der Waals surface area (Å²) in [5.74, 6) is 0.144. The van der Waals surface area contributed by atoms with Gasteiger partial charge in [0.2, 0.25) is 0 Å². The Kier molecular flexibility index (Phi) is 6.33. The number of rotatable bonds is 6. The highest BCUT2D eigenvalue weighted by Gasteiger charge is 1.91. The maximum atomic E-state index is 9.20. The first-order valence-corrected chi connectivity index (χ1v) is 4.79. The fourth-order valence-corrected chi connectivity index (χ4v) is 1.15. The second kappa shape index (κ2) is 7.04. The van der Waals surface area contributed by atoms with Crippen molar-refractivity contribution in [2.24, 2.45) is 0 Å². The smallest absolute Gasteiger partial charge is 0.115 e. The maximum Gasteiger partial charge on any atom is 0.115 e. The Labute approximate surface area is 89.5 Å². The zero-order valence-electron chi connectivity index (χ0n) is 8.07. The summed E-state index contributed by atoms with van der Waals surface area (Å²) in [4.78, 5) is 1.62. The maximum absolute atomic E-state index is 9.20. The second-order valence-corrected chi connectivity index (χ2v) is 3.65. The lowest BCUT2D eigenvalue weighted by atomic mass is 10.4. The Morgan fingerprint density at radius 3 is 2.21 bits per heavy atom. The summed E-state index contributed by atoms with van der Waals surface area (Å²) >= 11 is 1.40. The minimum atomic E-state index is 0.144. The molecule has 0 saturated heterocycles. The van der Waals surface area contributed by atoms with Crippen molar-refractivity contribution in [3.63, 3.8) is 0 Å². The Balaban J connectivity index is 4.18. The molecule has 0 spiro atoms. The second-order valence-electron chi connectivity index (χ2n) is 2.40. The van der Waals surface area contributed by atoms with Gasteiger partial charge < -0.3 is 5.11 Å². The van der Waals surface area contributed by atoms with Gasteiger partial charge in [-0.2, -0.15) is 0 Å². The zero-order valence-corrected chi connectivity index (χ0v) is 8.89. The molecule has 0 aromatic carbocycles. The number of thioether (sulfide) groups is 1. The van der Waals surface area contributed by atoms with E-state index in [0.29, 0.717) is 0 Å². The molecule has 0 bridgehead atoms. The molecule has 0 amide bonds. The summed E-state index contributed by atoms with van der Waals surface area (Å²) in [5, 5.41) is 9.20. The van der Waals surface area contributed by atoms with Gasteiger partial charge in [0.05, 0.1) is 0 Å². The van der Waals surface area contributed by atoms with E-state index in [4.69, 9.17) is 0 Å². The normalized spacial score (nSPS) is 11.3. The van der Waals surface area contributed by atoms with Gasteiger partial charge in [0, 0.05) is 9.81 Å². The van der Waals surface area contributed by atoms with Gasteiger partial charge in [-0.15, -0.1) is 0 Å². The first-order chi connectivity index (χ1) is 6.60. The summed E-state index contributed by atoms with van der Waals surface area (Å²) in [6.07, 6.45) is 7.92. The molecule has 0 atom stereocenters. The Hall–Kier alpha value is -1.41. The molecule has 1 nitrogen and oxygen atoms in total. The lowest BCUT2D eigenvalue weighted by molar-refractivity contribution is 0.432. The molecular formula is C12H14OS. The SMILES string of the molecule is C=C/C=C(O)\C=C/C(=C)SC(=C)C=C. The van der Waals surface area contributed by atoms with Crippen molar-refractivity contribution in [1.29, 1.82) is 0 Å². The summed E-state index contributed by atoms with van der Waals surface area (Å²) in [6.45, 7) is 14.6. The van der Waals surface area contributed by atoms with E-state index in [0.717, 1.165) is 9.81 Å². The van der Waals surface area contributed by atoms with Crippen LogP contribution in [0.5, 0.6) is 0 Å². The van der Waals surface area contributed by atoms with E-state index in [1.807, 2.05) is 0 Å². The van der Waals surface area contributed by atoms with Crippen molar-refractivity contribution in [2.75, 3.05) is 0 Å². The molecule has 2 heteroatoms. The minimum absolute atomic E-state index is 0.144. The number of allylic oxidation sites excluding steroid dienone is 5. The molecule has 0 aromatic rings. The molecule has 0 aliphatic carbocycles. The van der Waals surface area contributed by atoms with E-state index in [1.54, 1.807) is 18.2 Å². The van der Waals surface area contributed by atoms with Crippen LogP contribution in [0.3, 0.4) is 0 Å². The number of hydrogen-bond acceptors (Lipinski definition) is 2. The lowest BCUT2D eigenvalue weighted by Crippen LogP contribution is -1.73. The van der Waals surface area contributed by atoms with Crippen LogP contribution < -0.4 is 0 Å². The van der Waals surface area contributed by atoms with Crippen LogP contribution in [0.2, 0.25) is 0 Å². The van der Waals surface area contributed by atoms with Gasteiger partial charge in [0.25, 0.3) is 0 Å². The van der Waals surface area contributed by atoms with Crippen LogP contribution in [0.1, 0.15) is 0 Å². The van der Waals surface area contributed by atoms with E-state index in [9.17, 15) is 5.11 Å². The van der Waals surface area contributed by atoms with E-state index in [1.165, 1.54) is 23.9 Å². The molecule has 0 saturated carbocycles. The highest BCUT2D eigenvalue weighted by molar-refractivity contribution is 8.07. The van der Waals surface area contributed by atoms with Gasteiger partial charge in [0.1, 0.15) is 5.76 Å². The van der Waals surface area contributed by atoms with E-state index in [2.05, 4.69) is 26.3 Å². The molecule has 0 radical (unpaired) electrons.